The molecule has 0 aliphatic heterocycles. The van der Waals surface area contributed by atoms with Gasteiger partial charge in [0.1, 0.15) is 0 Å². The predicted molar refractivity (Wildman–Crippen MR) is 83.4 cm³/mol. The molecule has 1 rings (SSSR count). The first-order valence-electron chi connectivity index (χ1n) is 7.31. The maximum Gasteiger partial charge on any atom is 0.00515 e. The first kappa shape index (κ1) is 15.7. The minimum atomic E-state index is 0.742. The highest BCUT2D eigenvalue weighted by atomic mass is 32.1. The van der Waals surface area contributed by atoms with Gasteiger partial charge in [0.15, 0.2) is 0 Å². The van der Waals surface area contributed by atoms with Crippen LogP contribution in [-0.2, 0) is 12.8 Å². The molecule has 0 saturated heterocycles. The fourth-order valence-corrected chi connectivity index (χ4v) is 3.13. The Labute approximate surface area is 117 Å². The molecule has 1 aromatic heterocycles. The molecule has 0 bridgehead atoms. The predicted octanol–water partition coefficient (Wildman–Crippen LogP) is 4.37. The minimum Gasteiger partial charge on any atom is -0.316 e. The maximum absolute atomic E-state index is 3.61. The third-order valence-corrected chi connectivity index (χ3v) is 4.68. The average molecular weight is 267 g/mol. The van der Waals surface area contributed by atoms with E-state index in [2.05, 4.69) is 52.1 Å². The topological polar surface area (TPSA) is 12.0 Å². The van der Waals surface area contributed by atoms with Gasteiger partial charge in [0.2, 0.25) is 0 Å². The van der Waals surface area contributed by atoms with Crippen molar-refractivity contribution in [2.24, 2.45) is 17.8 Å². The van der Waals surface area contributed by atoms with Crippen LogP contribution in [0.4, 0.5) is 0 Å². The SMILES string of the molecule is CCc1ccc(CC(CNCC(C)C)C(C)C)s1. The fraction of sp³-hybridized carbons (Fsp3) is 0.750. The molecule has 1 aromatic rings. The fourth-order valence-electron chi connectivity index (χ4n) is 2.08. The van der Waals surface area contributed by atoms with Crippen molar-refractivity contribution in [3.8, 4) is 0 Å². The summed E-state index contributed by atoms with van der Waals surface area (Å²) in [5.41, 5.74) is 0. The van der Waals surface area contributed by atoms with Gasteiger partial charge >= 0.3 is 0 Å². The van der Waals surface area contributed by atoms with Crippen LogP contribution in [0, 0.1) is 17.8 Å². The van der Waals surface area contributed by atoms with Crippen LogP contribution < -0.4 is 5.32 Å². The molecule has 0 spiro atoms. The van der Waals surface area contributed by atoms with Gasteiger partial charge in [-0.3, -0.25) is 0 Å². The Bertz CT molecular complexity index is 328. The van der Waals surface area contributed by atoms with Crippen molar-refractivity contribution >= 4 is 11.3 Å². The molecule has 0 aromatic carbocycles. The molecule has 0 saturated carbocycles. The Balaban J connectivity index is 2.46. The Morgan fingerprint density at radius 3 is 2.22 bits per heavy atom. The van der Waals surface area contributed by atoms with E-state index in [-0.39, 0.29) is 0 Å². The van der Waals surface area contributed by atoms with Crippen LogP contribution >= 0.6 is 11.3 Å². The molecular weight excluding hydrogens is 238 g/mol. The molecule has 1 atom stereocenters. The molecule has 1 heterocycles. The molecular formula is C16H29NS. The van der Waals surface area contributed by atoms with Crippen molar-refractivity contribution in [3.05, 3.63) is 21.9 Å². The van der Waals surface area contributed by atoms with Crippen molar-refractivity contribution in [1.82, 2.24) is 5.32 Å². The van der Waals surface area contributed by atoms with Crippen molar-refractivity contribution < 1.29 is 0 Å². The van der Waals surface area contributed by atoms with Gasteiger partial charge in [0.25, 0.3) is 0 Å². The highest BCUT2D eigenvalue weighted by Gasteiger charge is 2.15. The lowest BCUT2D eigenvalue weighted by Gasteiger charge is -2.21. The molecule has 1 unspecified atom stereocenters. The Hall–Kier alpha value is -0.340. The van der Waals surface area contributed by atoms with E-state index < -0.39 is 0 Å². The standard InChI is InChI=1S/C16H29NS/c1-6-15-7-8-16(18-15)9-14(13(4)5)11-17-10-12(2)3/h7-8,12-14,17H,6,9-11H2,1-5H3. The van der Waals surface area contributed by atoms with E-state index in [0.717, 1.165) is 30.8 Å². The zero-order valence-electron chi connectivity index (χ0n) is 12.6. The van der Waals surface area contributed by atoms with Gasteiger partial charge in [0.05, 0.1) is 0 Å². The normalized spacial score (nSPS) is 13.5. The van der Waals surface area contributed by atoms with Crippen LogP contribution in [0.5, 0.6) is 0 Å². The lowest BCUT2D eigenvalue weighted by atomic mass is 9.91. The summed E-state index contributed by atoms with van der Waals surface area (Å²) < 4.78 is 0. The van der Waals surface area contributed by atoms with Crippen LogP contribution in [0.2, 0.25) is 0 Å². The maximum atomic E-state index is 3.61. The van der Waals surface area contributed by atoms with E-state index in [1.807, 2.05) is 11.3 Å². The van der Waals surface area contributed by atoms with E-state index in [0.29, 0.717) is 0 Å². The first-order chi connectivity index (χ1) is 8.52. The number of hydrogen-bond acceptors (Lipinski definition) is 2. The molecule has 2 heteroatoms. The Kier molecular flexibility index (Phi) is 6.95. The second-order valence-corrected chi connectivity index (χ2v) is 7.23. The van der Waals surface area contributed by atoms with E-state index in [1.54, 1.807) is 4.88 Å². The van der Waals surface area contributed by atoms with Gasteiger partial charge < -0.3 is 5.32 Å². The summed E-state index contributed by atoms with van der Waals surface area (Å²) in [5.74, 6) is 2.25. The number of thiophene rings is 1. The summed E-state index contributed by atoms with van der Waals surface area (Å²) in [7, 11) is 0. The van der Waals surface area contributed by atoms with Crippen molar-refractivity contribution in [2.45, 2.75) is 47.5 Å². The Morgan fingerprint density at radius 2 is 1.72 bits per heavy atom. The highest BCUT2D eigenvalue weighted by Crippen LogP contribution is 2.23. The van der Waals surface area contributed by atoms with Crippen molar-refractivity contribution in [3.63, 3.8) is 0 Å². The molecule has 0 radical (unpaired) electrons. The van der Waals surface area contributed by atoms with E-state index in [1.165, 1.54) is 17.7 Å². The van der Waals surface area contributed by atoms with Crippen LogP contribution in [0.1, 0.15) is 44.4 Å². The zero-order chi connectivity index (χ0) is 13.5. The lowest BCUT2D eigenvalue weighted by molar-refractivity contribution is 0.354. The van der Waals surface area contributed by atoms with Crippen LogP contribution in [0.15, 0.2) is 12.1 Å². The second-order valence-electron chi connectivity index (χ2n) is 5.98. The number of nitrogens with one attached hydrogen (secondary N) is 1. The van der Waals surface area contributed by atoms with Gasteiger partial charge in [-0.1, -0.05) is 34.6 Å². The summed E-state index contributed by atoms with van der Waals surface area (Å²) in [6.45, 7) is 13.7. The van der Waals surface area contributed by atoms with Crippen LogP contribution in [0.25, 0.3) is 0 Å². The van der Waals surface area contributed by atoms with Gasteiger partial charge in [-0.25, -0.2) is 0 Å². The molecule has 18 heavy (non-hydrogen) atoms. The van der Waals surface area contributed by atoms with Gasteiger partial charge in [0, 0.05) is 9.75 Å². The molecule has 0 aliphatic rings. The summed E-state index contributed by atoms with van der Waals surface area (Å²) in [4.78, 5) is 3.07. The van der Waals surface area contributed by atoms with E-state index >= 15 is 0 Å². The number of rotatable bonds is 8. The molecule has 0 aliphatic carbocycles. The second kappa shape index (κ2) is 7.96. The molecule has 1 nitrogen and oxygen atoms in total. The van der Waals surface area contributed by atoms with Crippen molar-refractivity contribution in [2.75, 3.05) is 13.1 Å². The monoisotopic (exact) mass is 267 g/mol. The largest absolute Gasteiger partial charge is 0.316 e. The highest BCUT2D eigenvalue weighted by molar-refractivity contribution is 7.11. The summed E-state index contributed by atoms with van der Waals surface area (Å²) >= 11 is 1.99. The third kappa shape index (κ3) is 5.53. The summed E-state index contributed by atoms with van der Waals surface area (Å²) in [5, 5.41) is 3.61. The molecule has 104 valence electrons. The molecule has 0 fully saturated rings. The van der Waals surface area contributed by atoms with Crippen molar-refractivity contribution in [1.29, 1.82) is 0 Å². The molecule has 0 amide bonds. The minimum absolute atomic E-state index is 0.742. The molecule has 1 N–H and O–H groups in total. The number of aryl methyl sites for hydroxylation is 1. The van der Waals surface area contributed by atoms with E-state index in [9.17, 15) is 0 Å². The first-order valence-corrected chi connectivity index (χ1v) is 8.12. The Morgan fingerprint density at radius 1 is 1.06 bits per heavy atom. The van der Waals surface area contributed by atoms with Crippen LogP contribution in [0.3, 0.4) is 0 Å². The zero-order valence-corrected chi connectivity index (χ0v) is 13.4. The average Bonchev–Trinajstić information content (AvgIpc) is 2.74. The van der Waals surface area contributed by atoms with E-state index in [4.69, 9.17) is 0 Å². The smallest absolute Gasteiger partial charge is 0.00515 e. The third-order valence-electron chi connectivity index (χ3n) is 3.43. The lowest BCUT2D eigenvalue weighted by Crippen LogP contribution is -2.30. The van der Waals surface area contributed by atoms with Gasteiger partial charge in [-0.15, -0.1) is 11.3 Å². The summed E-state index contributed by atoms with van der Waals surface area (Å²) in [6.07, 6.45) is 2.40. The van der Waals surface area contributed by atoms with Crippen LogP contribution in [-0.4, -0.2) is 13.1 Å². The van der Waals surface area contributed by atoms with Gasteiger partial charge in [-0.05, 0) is 55.8 Å². The number of hydrogen-bond donors (Lipinski definition) is 1. The summed E-state index contributed by atoms with van der Waals surface area (Å²) in [6, 6.07) is 4.61. The quantitative estimate of drug-likeness (QED) is 0.737. The van der Waals surface area contributed by atoms with Gasteiger partial charge in [-0.2, -0.15) is 0 Å².